The second-order valence-corrected chi connectivity index (χ2v) is 7.71. The molecule has 0 bridgehead atoms. The maximum absolute atomic E-state index is 11.9. The van der Waals surface area contributed by atoms with Crippen molar-refractivity contribution in [3.8, 4) is 10.6 Å². The number of aryl methyl sites for hydroxylation is 2. The molecule has 0 radical (unpaired) electrons. The quantitative estimate of drug-likeness (QED) is 0.698. The van der Waals surface area contributed by atoms with Crippen molar-refractivity contribution in [2.45, 2.75) is 26.2 Å². The summed E-state index contributed by atoms with van der Waals surface area (Å²) in [5, 5.41) is 6.16. The molecule has 0 saturated carbocycles. The molecule has 6 heteroatoms. The summed E-state index contributed by atoms with van der Waals surface area (Å²) in [6.45, 7) is 2.69. The van der Waals surface area contributed by atoms with Crippen molar-refractivity contribution < 1.29 is 4.79 Å². The minimum atomic E-state index is 0.0887. The van der Waals surface area contributed by atoms with Gasteiger partial charge in [-0.05, 0) is 43.5 Å². The second kappa shape index (κ2) is 8.17. The Morgan fingerprint density at radius 1 is 1.25 bits per heavy atom. The molecule has 0 aliphatic rings. The molecule has 3 aromatic rings. The number of aromatic nitrogens is 2. The molecule has 0 saturated heterocycles. The van der Waals surface area contributed by atoms with Gasteiger partial charge < -0.3 is 5.32 Å². The minimum absolute atomic E-state index is 0.0887. The maximum atomic E-state index is 11.9. The molecular formula is C18H19N3OS2. The first kappa shape index (κ1) is 16.8. The Bertz CT molecular complexity index is 795. The third-order valence-corrected chi connectivity index (χ3v) is 5.53. The van der Waals surface area contributed by atoms with Crippen molar-refractivity contribution >= 4 is 28.6 Å². The molecule has 124 valence electrons. The molecule has 4 nitrogen and oxygen atoms in total. The van der Waals surface area contributed by atoms with E-state index >= 15 is 0 Å². The molecular weight excluding hydrogens is 338 g/mol. The predicted molar refractivity (Wildman–Crippen MR) is 99.4 cm³/mol. The largest absolute Gasteiger partial charge is 0.356 e. The van der Waals surface area contributed by atoms with Crippen LogP contribution in [0.25, 0.3) is 10.6 Å². The molecule has 3 rings (SSSR count). The molecule has 3 heterocycles. The van der Waals surface area contributed by atoms with E-state index in [4.69, 9.17) is 0 Å². The molecule has 0 fully saturated rings. The van der Waals surface area contributed by atoms with E-state index in [0.717, 1.165) is 29.1 Å². The fourth-order valence-corrected chi connectivity index (χ4v) is 4.00. The highest BCUT2D eigenvalue weighted by molar-refractivity contribution is 7.16. The Morgan fingerprint density at radius 3 is 2.92 bits per heavy atom. The lowest BCUT2D eigenvalue weighted by atomic mass is 10.1. The van der Waals surface area contributed by atoms with Gasteiger partial charge in [0, 0.05) is 35.6 Å². The van der Waals surface area contributed by atoms with Crippen molar-refractivity contribution in [3.63, 3.8) is 0 Å². The zero-order valence-corrected chi connectivity index (χ0v) is 15.1. The summed E-state index contributed by atoms with van der Waals surface area (Å²) >= 11 is 3.41. The van der Waals surface area contributed by atoms with Crippen LogP contribution in [0, 0.1) is 6.92 Å². The van der Waals surface area contributed by atoms with Crippen LogP contribution in [0.5, 0.6) is 0 Å². The van der Waals surface area contributed by atoms with Gasteiger partial charge in [0.25, 0.3) is 0 Å². The van der Waals surface area contributed by atoms with E-state index in [0.29, 0.717) is 13.0 Å². The van der Waals surface area contributed by atoms with Gasteiger partial charge in [-0.15, -0.1) is 22.7 Å². The van der Waals surface area contributed by atoms with Gasteiger partial charge in [0.2, 0.25) is 5.91 Å². The smallest absolute Gasteiger partial charge is 0.220 e. The fourth-order valence-electron chi connectivity index (χ4n) is 2.34. The molecule has 0 unspecified atom stereocenters. The second-order valence-electron chi connectivity index (χ2n) is 5.48. The highest BCUT2D eigenvalue weighted by atomic mass is 32.1. The van der Waals surface area contributed by atoms with Crippen LogP contribution in [0.4, 0.5) is 0 Å². The number of carbonyl (C=O) groups is 1. The van der Waals surface area contributed by atoms with Crippen LogP contribution in [-0.2, 0) is 17.6 Å². The predicted octanol–water partition coefficient (Wildman–Crippen LogP) is 3.87. The fraction of sp³-hybridized carbons (Fsp3) is 0.278. The lowest BCUT2D eigenvalue weighted by molar-refractivity contribution is -0.121. The molecule has 0 aliphatic carbocycles. The van der Waals surface area contributed by atoms with E-state index in [1.165, 1.54) is 9.75 Å². The summed E-state index contributed by atoms with van der Waals surface area (Å²) in [4.78, 5) is 22.9. The minimum Gasteiger partial charge on any atom is -0.356 e. The van der Waals surface area contributed by atoms with Gasteiger partial charge in [-0.25, -0.2) is 4.98 Å². The highest BCUT2D eigenvalue weighted by Crippen LogP contribution is 2.29. The Balaban J connectivity index is 1.41. The van der Waals surface area contributed by atoms with Gasteiger partial charge in [-0.1, -0.05) is 6.07 Å². The van der Waals surface area contributed by atoms with Gasteiger partial charge in [0.15, 0.2) is 0 Å². The van der Waals surface area contributed by atoms with Gasteiger partial charge >= 0.3 is 0 Å². The maximum Gasteiger partial charge on any atom is 0.220 e. The third-order valence-electron chi connectivity index (χ3n) is 3.59. The zero-order chi connectivity index (χ0) is 16.8. The number of hydrogen-bond acceptors (Lipinski definition) is 5. The molecule has 0 spiro atoms. The van der Waals surface area contributed by atoms with Crippen LogP contribution in [-0.4, -0.2) is 22.4 Å². The Morgan fingerprint density at radius 2 is 2.17 bits per heavy atom. The number of nitrogens with one attached hydrogen (secondary N) is 1. The van der Waals surface area contributed by atoms with Crippen LogP contribution in [0.3, 0.4) is 0 Å². The van der Waals surface area contributed by atoms with E-state index in [-0.39, 0.29) is 5.91 Å². The molecule has 24 heavy (non-hydrogen) atoms. The molecule has 1 N–H and O–H groups in total. The summed E-state index contributed by atoms with van der Waals surface area (Å²) in [7, 11) is 0. The van der Waals surface area contributed by atoms with E-state index in [1.54, 1.807) is 35.1 Å². The zero-order valence-electron chi connectivity index (χ0n) is 13.5. The van der Waals surface area contributed by atoms with E-state index in [1.807, 2.05) is 19.1 Å². The van der Waals surface area contributed by atoms with E-state index < -0.39 is 0 Å². The molecule has 0 aliphatic heterocycles. The number of amides is 1. The van der Waals surface area contributed by atoms with Gasteiger partial charge in [-0.3, -0.25) is 9.78 Å². The summed E-state index contributed by atoms with van der Waals surface area (Å²) < 4.78 is 0. The average Bonchev–Trinajstić information content (AvgIpc) is 3.23. The van der Waals surface area contributed by atoms with Crippen LogP contribution in [0.2, 0.25) is 0 Å². The van der Waals surface area contributed by atoms with Crippen LogP contribution >= 0.6 is 22.7 Å². The van der Waals surface area contributed by atoms with Gasteiger partial charge in [0.1, 0.15) is 0 Å². The Kier molecular flexibility index (Phi) is 5.72. The van der Waals surface area contributed by atoms with Gasteiger partial charge in [-0.2, -0.15) is 0 Å². The summed E-state index contributed by atoms with van der Waals surface area (Å²) in [6, 6.07) is 8.12. The number of thiazole rings is 1. The van der Waals surface area contributed by atoms with Crippen molar-refractivity contribution in [1.82, 2.24) is 15.3 Å². The summed E-state index contributed by atoms with van der Waals surface area (Å²) in [5.41, 5.74) is 2.14. The number of carbonyl (C=O) groups excluding carboxylic acids is 1. The number of pyridine rings is 1. The average molecular weight is 358 g/mol. The first-order valence-corrected chi connectivity index (χ1v) is 9.57. The van der Waals surface area contributed by atoms with Crippen LogP contribution < -0.4 is 5.32 Å². The van der Waals surface area contributed by atoms with E-state index in [9.17, 15) is 4.79 Å². The summed E-state index contributed by atoms with van der Waals surface area (Å²) in [5.74, 6) is 0.0887. The van der Waals surface area contributed by atoms with E-state index in [2.05, 4.69) is 32.8 Å². The molecule has 0 atom stereocenters. The van der Waals surface area contributed by atoms with Crippen molar-refractivity contribution in [2.75, 3.05) is 6.54 Å². The number of thiophene rings is 1. The molecule has 1 amide bonds. The third kappa shape index (κ3) is 4.72. The van der Waals surface area contributed by atoms with Crippen LogP contribution in [0.1, 0.15) is 21.9 Å². The molecule has 0 aromatic carbocycles. The number of nitrogens with zero attached hydrogens (tertiary/aromatic N) is 2. The number of rotatable bonds is 7. The van der Waals surface area contributed by atoms with Crippen molar-refractivity contribution in [1.29, 1.82) is 0 Å². The topological polar surface area (TPSA) is 54.9 Å². The van der Waals surface area contributed by atoms with Crippen LogP contribution in [0.15, 0.2) is 42.0 Å². The highest BCUT2D eigenvalue weighted by Gasteiger charge is 2.07. The van der Waals surface area contributed by atoms with Gasteiger partial charge in [0.05, 0.1) is 15.6 Å². The Labute approximate surface area is 149 Å². The normalized spacial score (nSPS) is 10.7. The SMILES string of the molecule is Cc1nc(-c2ccc(CCNC(=O)CCc3cccnc3)s2)cs1. The lowest BCUT2D eigenvalue weighted by Crippen LogP contribution is -2.25. The van der Waals surface area contributed by atoms with Crippen molar-refractivity contribution in [3.05, 3.63) is 57.5 Å². The first-order valence-electron chi connectivity index (χ1n) is 7.87. The van der Waals surface area contributed by atoms with Crippen molar-refractivity contribution in [2.24, 2.45) is 0 Å². The monoisotopic (exact) mass is 357 g/mol. The lowest BCUT2D eigenvalue weighted by Gasteiger charge is -2.04. The summed E-state index contributed by atoms with van der Waals surface area (Å²) in [6.07, 6.45) is 5.63. The number of hydrogen-bond donors (Lipinski definition) is 1. The standard InChI is InChI=1S/C18H19N3OS2/c1-13-21-16(12-23-13)17-6-5-15(24-17)8-10-20-18(22)7-4-14-3-2-9-19-11-14/h2-3,5-6,9,11-12H,4,7-8,10H2,1H3,(H,20,22). The Hall–Kier alpha value is -2.05. The molecule has 3 aromatic heterocycles. The first-order chi connectivity index (χ1) is 11.7.